The van der Waals surface area contributed by atoms with Crippen molar-refractivity contribution in [1.29, 1.82) is 0 Å². The Hall–Kier alpha value is -1.62. The highest BCUT2D eigenvalue weighted by molar-refractivity contribution is 5.94. The van der Waals surface area contributed by atoms with Crippen LogP contribution < -0.4 is 10.9 Å². The average molecular weight is 238 g/mol. The molecule has 1 heterocycles. The van der Waals surface area contributed by atoms with Crippen molar-refractivity contribution in [1.82, 2.24) is 10.3 Å². The largest absolute Gasteiger partial charge is 0.388 e. The molecule has 0 aliphatic carbocycles. The average Bonchev–Trinajstić information content (AvgIpc) is 2.16. The molecule has 1 rings (SSSR count). The zero-order valence-electron chi connectivity index (χ0n) is 10.5. The minimum Gasteiger partial charge on any atom is -0.388 e. The number of rotatable bonds is 3. The number of H-pyrrole nitrogens is 1. The second-order valence-corrected chi connectivity index (χ2v) is 5.08. The summed E-state index contributed by atoms with van der Waals surface area (Å²) in [5.74, 6) is -0.339. The molecular formula is C12H18N2O3. The third-order valence-corrected chi connectivity index (χ3v) is 3.00. The molecular weight excluding hydrogens is 220 g/mol. The van der Waals surface area contributed by atoms with E-state index in [1.807, 2.05) is 0 Å². The van der Waals surface area contributed by atoms with E-state index >= 15 is 0 Å². The normalized spacial score (nSPS) is 12.3. The van der Waals surface area contributed by atoms with Crippen LogP contribution in [0.2, 0.25) is 0 Å². The van der Waals surface area contributed by atoms with E-state index in [9.17, 15) is 14.7 Å². The van der Waals surface area contributed by atoms with Crippen molar-refractivity contribution in [2.24, 2.45) is 0 Å². The molecule has 1 amide bonds. The van der Waals surface area contributed by atoms with Crippen LogP contribution in [0.3, 0.4) is 0 Å². The van der Waals surface area contributed by atoms with Crippen molar-refractivity contribution in [2.45, 2.75) is 38.8 Å². The third kappa shape index (κ3) is 3.17. The van der Waals surface area contributed by atoms with Gasteiger partial charge in [-0.1, -0.05) is 0 Å². The molecule has 3 N–H and O–H groups in total. The van der Waals surface area contributed by atoms with Crippen LogP contribution in [0.15, 0.2) is 23.1 Å². The van der Waals surface area contributed by atoms with E-state index in [2.05, 4.69) is 10.3 Å². The second kappa shape index (κ2) is 4.33. The Morgan fingerprint density at radius 3 is 2.29 bits per heavy atom. The van der Waals surface area contributed by atoms with Gasteiger partial charge in [-0.15, -0.1) is 0 Å². The van der Waals surface area contributed by atoms with Gasteiger partial charge in [-0.3, -0.25) is 9.59 Å². The standard InChI is InChI=1S/C12H18N2O3/c1-11(2,12(3,4)17)14-10(16)8-5-6-9(15)13-7-8/h5-7,17H,1-4H3,(H,13,15)(H,14,16). The van der Waals surface area contributed by atoms with Gasteiger partial charge in [-0.25, -0.2) is 0 Å². The molecule has 0 saturated carbocycles. The van der Waals surface area contributed by atoms with Crippen molar-refractivity contribution >= 4 is 5.91 Å². The number of amides is 1. The van der Waals surface area contributed by atoms with Gasteiger partial charge in [0.15, 0.2) is 0 Å². The number of carbonyl (C=O) groups excluding carboxylic acids is 1. The highest BCUT2D eigenvalue weighted by Crippen LogP contribution is 2.20. The molecule has 5 nitrogen and oxygen atoms in total. The molecule has 0 aliphatic heterocycles. The van der Waals surface area contributed by atoms with Crippen LogP contribution in [0.25, 0.3) is 0 Å². The highest BCUT2D eigenvalue weighted by Gasteiger charge is 2.36. The van der Waals surface area contributed by atoms with Crippen LogP contribution in [0.4, 0.5) is 0 Å². The van der Waals surface area contributed by atoms with E-state index < -0.39 is 11.1 Å². The van der Waals surface area contributed by atoms with Gasteiger partial charge in [0.25, 0.3) is 5.91 Å². The Kier molecular flexibility index (Phi) is 3.43. The molecule has 94 valence electrons. The quantitative estimate of drug-likeness (QED) is 0.723. The van der Waals surface area contributed by atoms with Crippen LogP contribution in [0.5, 0.6) is 0 Å². The lowest BCUT2D eigenvalue weighted by Crippen LogP contribution is -2.57. The predicted molar refractivity (Wildman–Crippen MR) is 64.9 cm³/mol. The monoisotopic (exact) mass is 238 g/mol. The Bertz CT molecular complexity index is 449. The molecule has 0 aliphatic rings. The molecule has 0 spiro atoms. The summed E-state index contributed by atoms with van der Waals surface area (Å²) in [6.45, 7) is 6.72. The first-order chi connectivity index (χ1) is 7.63. The van der Waals surface area contributed by atoms with Gasteiger partial charge >= 0.3 is 0 Å². The summed E-state index contributed by atoms with van der Waals surface area (Å²) >= 11 is 0. The fourth-order valence-electron chi connectivity index (χ4n) is 1.06. The van der Waals surface area contributed by atoms with Gasteiger partial charge in [0.1, 0.15) is 0 Å². The van der Waals surface area contributed by atoms with Gasteiger partial charge in [0, 0.05) is 12.3 Å². The van der Waals surface area contributed by atoms with Crippen LogP contribution in [-0.2, 0) is 0 Å². The number of carbonyl (C=O) groups is 1. The number of aromatic nitrogens is 1. The molecule has 17 heavy (non-hydrogen) atoms. The molecule has 5 heteroatoms. The van der Waals surface area contributed by atoms with Crippen molar-refractivity contribution < 1.29 is 9.90 Å². The Morgan fingerprint density at radius 2 is 1.88 bits per heavy atom. The van der Waals surface area contributed by atoms with Gasteiger partial charge in [-0.2, -0.15) is 0 Å². The van der Waals surface area contributed by atoms with E-state index in [-0.39, 0.29) is 11.5 Å². The summed E-state index contributed by atoms with van der Waals surface area (Å²) in [6.07, 6.45) is 1.35. The molecule has 1 aromatic rings. The van der Waals surface area contributed by atoms with E-state index in [4.69, 9.17) is 0 Å². The van der Waals surface area contributed by atoms with Gasteiger partial charge < -0.3 is 15.4 Å². The van der Waals surface area contributed by atoms with E-state index in [1.165, 1.54) is 18.3 Å². The van der Waals surface area contributed by atoms with E-state index in [0.29, 0.717) is 5.56 Å². The second-order valence-electron chi connectivity index (χ2n) is 5.08. The number of hydrogen-bond donors (Lipinski definition) is 3. The van der Waals surface area contributed by atoms with Crippen LogP contribution in [-0.4, -0.2) is 27.1 Å². The highest BCUT2D eigenvalue weighted by atomic mass is 16.3. The summed E-state index contributed by atoms with van der Waals surface area (Å²) in [7, 11) is 0. The summed E-state index contributed by atoms with van der Waals surface area (Å²) in [4.78, 5) is 25.2. The Balaban J connectivity index is 2.87. The SMILES string of the molecule is CC(C)(O)C(C)(C)NC(=O)c1ccc(=O)[nH]c1. The van der Waals surface area contributed by atoms with Crippen LogP contribution in [0.1, 0.15) is 38.1 Å². The first kappa shape index (κ1) is 13.4. The van der Waals surface area contributed by atoms with Gasteiger partial charge in [0.05, 0.1) is 16.7 Å². The van der Waals surface area contributed by atoms with Crippen molar-refractivity contribution in [3.8, 4) is 0 Å². The first-order valence-corrected chi connectivity index (χ1v) is 5.37. The summed E-state index contributed by atoms with van der Waals surface area (Å²) in [5.41, 5.74) is -1.74. The zero-order chi connectivity index (χ0) is 13.3. The minimum atomic E-state index is -1.05. The zero-order valence-corrected chi connectivity index (χ0v) is 10.5. The van der Waals surface area contributed by atoms with Crippen LogP contribution in [0, 0.1) is 0 Å². The number of nitrogens with one attached hydrogen (secondary N) is 2. The molecule has 0 radical (unpaired) electrons. The topological polar surface area (TPSA) is 82.2 Å². The fourth-order valence-corrected chi connectivity index (χ4v) is 1.06. The van der Waals surface area contributed by atoms with Gasteiger partial charge in [-0.05, 0) is 33.8 Å². The molecule has 0 fully saturated rings. The summed E-state index contributed by atoms with van der Waals surface area (Å²) < 4.78 is 0. The van der Waals surface area contributed by atoms with E-state index in [0.717, 1.165) is 0 Å². The maximum atomic E-state index is 11.9. The minimum absolute atomic E-state index is 0.261. The van der Waals surface area contributed by atoms with Crippen LogP contribution >= 0.6 is 0 Å². The van der Waals surface area contributed by atoms with Crippen molar-refractivity contribution in [3.63, 3.8) is 0 Å². The lowest BCUT2D eigenvalue weighted by Gasteiger charge is -2.37. The third-order valence-electron chi connectivity index (χ3n) is 3.00. The molecule has 0 unspecified atom stereocenters. The smallest absolute Gasteiger partial charge is 0.253 e. The lowest BCUT2D eigenvalue weighted by molar-refractivity contribution is -0.00293. The molecule has 0 bridgehead atoms. The number of aromatic amines is 1. The number of aliphatic hydroxyl groups is 1. The molecule has 0 saturated heterocycles. The van der Waals surface area contributed by atoms with Crippen molar-refractivity contribution in [3.05, 3.63) is 34.2 Å². The Labute approximate surface area is 99.9 Å². The fraction of sp³-hybridized carbons (Fsp3) is 0.500. The first-order valence-electron chi connectivity index (χ1n) is 5.37. The maximum Gasteiger partial charge on any atom is 0.253 e. The summed E-state index contributed by atoms with van der Waals surface area (Å²) in [5, 5.41) is 12.6. The summed E-state index contributed by atoms with van der Waals surface area (Å²) in [6, 6.07) is 2.72. The molecule has 0 atom stereocenters. The maximum absolute atomic E-state index is 11.9. The number of hydrogen-bond acceptors (Lipinski definition) is 3. The van der Waals surface area contributed by atoms with E-state index in [1.54, 1.807) is 27.7 Å². The molecule has 0 aromatic carbocycles. The Morgan fingerprint density at radius 1 is 1.29 bits per heavy atom. The predicted octanol–water partition coefficient (Wildman–Crippen LogP) is 0.654. The van der Waals surface area contributed by atoms with Gasteiger partial charge in [0.2, 0.25) is 5.56 Å². The number of pyridine rings is 1. The lowest BCUT2D eigenvalue weighted by atomic mass is 9.86. The van der Waals surface area contributed by atoms with Crippen molar-refractivity contribution in [2.75, 3.05) is 0 Å². The molecule has 1 aromatic heterocycles.